The summed E-state index contributed by atoms with van der Waals surface area (Å²) in [6.07, 6.45) is -11.6. The number of rotatable bonds is 6. The Kier molecular flexibility index (Phi) is 5.85. The molecule has 0 amide bonds. The highest BCUT2D eigenvalue weighted by molar-refractivity contribution is 5.70. The Hall–Kier alpha value is -3.64. The van der Waals surface area contributed by atoms with Gasteiger partial charge in [-0.05, 0) is 29.8 Å². The van der Waals surface area contributed by atoms with E-state index in [-0.39, 0.29) is 17.9 Å². The maximum Gasteiger partial charge on any atom is 0.470 e. The molecular weight excluding hydrogens is 451 g/mol. The first-order valence-electron chi connectivity index (χ1n) is 8.65. The van der Waals surface area contributed by atoms with Crippen molar-refractivity contribution in [3.05, 3.63) is 60.4 Å². The van der Waals surface area contributed by atoms with Gasteiger partial charge in [-0.15, -0.1) is 5.10 Å². The van der Waals surface area contributed by atoms with Gasteiger partial charge in [0.25, 0.3) is 0 Å². The average molecular weight is 463 g/mol. The van der Waals surface area contributed by atoms with Crippen molar-refractivity contribution in [1.82, 2.24) is 14.8 Å². The minimum absolute atomic E-state index is 0.167. The van der Waals surface area contributed by atoms with Crippen LogP contribution >= 0.6 is 0 Å². The van der Waals surface area contributed by atoms with E-state index in [4.69, 9.17) is 5.11 Å². The first-order chi connectivity index (χ1) is 14.8. The SMILES string of the molecule is O=C(O)Cc1ccc(-c2ncn(-c3ccc(OC(F)(C(F)(F)F)C(F)(F)F)cc3)n2)cc1. The third-order valence-electron chi connectivity index (χ3n) is 4.15. The molecule has 0 saturated carbocycles. The van der Waals surface area contributed by atoms with E-state index in [1.165, 1.54) is 11.0 Å². The summed E-state index contributed by atoms with van der Waals surface area (Å²) >= 11 is 0. The number of ether oxygens (including phenoxy) is 1. The zero-order chi connectivity index (χ0) is 23.7. The van der Waals surface area contributed by atoms with Crippen LogP contribution in [0.1, 0.15) is 5.56 Å². The maximum absolute atomic E-state index is 13.7. The fraction of sp³-hybridized carbons (Fsp3) is 0.211. The molecule has 0 atom stereocenters. The third kappa shape index (κ3) is 4.65. The number of carbonyl (C=O) groups is 1. The molecule has 1 aromatic heterocycles. The molecule has 0 radical (unpaired) electrons. The van der Waals surface area contributed by atoms with Gasteiger partial charge in [-0.25, -0.2) is 9.67 Å². The first-order valence-corrected chi connectivity index (χ1v) is 8.65. The summed E-state index contributed by atoms with van der Waals surface area (Å²) in [5.41, 5.74) is 1.29. The van der Waals surface area contributed by atoms with Crippen molar-refractivity contribution >= 4 is 5.97 Å². The Bertz CT molecular complexity index is 1080. The van der Waals surface area contributed by atoms with E-state index >= 15 is 0 Å². The Morgan fingerprint density at radius 2 is 1.47 bits per heavy atom. The molecule has 0 saturated heterocycles. The van der Waals surface area contributed by atoms with Crippen molar-refractivity contribution < 1.29 is 45.4 Å². The molecule has 170 valence electrons. The number of hydrogen-bond donors (Lipinski definition) is 1. The van der Waals surface area contributed by atoms with E-state index in [9.17, 15) is 35.5 Å². The highest BCUT2D eigenvalue weighted by Gasteiger charge is 2.76. The van der Waals surface area contributed by atoms with E-state index in [1.54, 1.807) is 24.3 Å². The quantitative estimate of drug-likeness (QED) is 0.535. The van der Waals surface area contributed by atoms with E-state index in [0.717, 1.165) is 24.3 Å². The zero-order valence-corrected chi connectivity index (χ0v) is 15.7. The maximum atomic E-state index is 13.7. The lowest BCUT2D eigenvalue weighted by atomic mass is 10.1. The average Bonchev–Trinajstić information content (AvgIpc) is 3.17. The minimum Gasteiger partial charge on any atom is -0.481 e. The molecular formula is C19H12F7N3O3. The molecule has 0 aliphatic carbocycles. The molecule has 0 unspecified atom stereocenters. The number of carboxylic acids is 1. The van der Waals surface area contributed by atoms with Gasteiger partial charge in [-0.3, -0.25) is 4.79 Å². The lowest BCUT2D eigenvalue weighted by molar-refractivity contribution is -0.405. The standard InChI is InChI=1S/C19H12F7N3O3/c20-17(18(21,22)23,19(24,25)26)32-14-7-5-13(6-8-14)29-10-27-16(28-29)12-3-1-11(2-4-12)9-15(30)31/h1-8,10H,9H2,(H,30,31). The monoisotopic (exact) mass is 463 g/mol. The molecule has 2 aromatic carbocycles. The van der Waals surface area contributed by atoms with Gasteiger partial charge in [-0.1, -0.05) is 24.3 Å². The topological polar surface area (TPSA) is 77.2 Å². The number of halogens is 7. The molecule has 0 fully saturated rings. The molecule has 13 heteroatoms. The van der Waals surface area contributed by atoms with E-state index in [1.807, 2.05) is 0 Å². The third-order valence-corrected chi connectivity index (χ3v) is 4.15. The lowest BCUT2D eigenvalue weighted by Crippen LogP contribution is -2.57. The van der Waals surface area contributed by atoms with Crippen molar-refractivity contribution in [3.8, 4) is 22.8 Å². The van der Waals surface area contributed by atoms with Crippen molar-refractivity contribution in [1.29, 1.82) is 0 Å². The highest BCUT2D eigenvalue weighted by Crippen LogP contribution is 2.47. The van der Waals surface area contributed by atoms with Gasteiger partial charge in [0.2, 0.25) is 0 Å². The molecule has 32 heavy (non-hydrogen) atoms. The number of hydrogen-bond acceptors (Lipinski definition) is 4. The number of nitrogens with zero attached hydrogens (tertiary/aromatic N) is 3. The molecule has 0 bridgehead atoms. The van der Waals surface area contributed by atoms with Gasteiger partial charge < -0.3 is 9.84 Å². The molecule has 0 spiro atoms. The number of aliphatic carboxylic acids is 1. The van der Waals surface area contributed by atoms with Gasteiger partial charge in [0, 0.05) is 5.56 Å². The van der Waals surface area contributed by atoms with Gasteiger partial charge >= 0.3 is 24.2 Å². The van der Waals surface area contributed by atoms with Crippen LogP contribution in [-0.2, 0) is 11.2 Å². The summed E-state index contributed by atoms with van der Waals surface area (Å²) < 4.78 is 94.1. The summed E-state index contributed by atoms with van der Waals surface area (Å²) in [6, 6.07) is 9.90. The van der Waals surface area contributed by atoms with Crippen LogP contribution < -0.4 is 4.74 Å². The molecule has 6 nitrogen and oxygen atoms in total. The van der Waals surface area contributed by atoms with Crippen LogP contribution in [0.15, 0.2) is 54.9 Å². The summed E-state index contributed by atoms with van der Waals surface area (Å²) in [5.74, 6) is -7.64. The van der Waals surface area contributed by atoms with Crippen LogP contribution in [0.4, 0.5) is 30.7 Å². The summed E-state index contributed by atoms with van der Waals surface area (Å²) in [4.78, 5) is 14.8. The van der Waals surface area contributed by atoms with Crippen LogP contribution in [0.25, 0.3) is 17.1 Å². The lowest BCUT2D eigenvalue weighted by Gasteiger charge is -2.29. The van der Waals surface area contributed by atoms with Crippen LogP contribution in [0.3, 0.4) is 0 Å². The Balaban J connectivity index is 1.79. The number of benzene rings is 2. The predicted molar refractivity (Wildman–Crippen MR) is 94.7 cm³/mol. The van der Waals surface area contributed by atoms with Crippen molar-refractivity contribution in [3.63, 3.8) is 0 Å². The molecule has 3 aromatic rings. The van der Waals surface area contributed by atoms with Gasteiger partial charge in [0.15, 0.2) is 5.82 Å². The molecule has 3 rings (SSSR count). The van der Waals surface area contributed by atoms with Crippen LogP contribution in [0.5, 0.6) is 5.75 Å². The number of carboxylic acid groups (broad SMARTS) is 1. The van der Waals surface area contributed by atoms with E-state index in [2.05, 4.69) is 14.8 Å². The largest absolute Gasteiger partial charge is 0.481 e. The Morgan fingerprint density at radius 3 is 1.97 bits per heavy atom. The van der Waals surface area contributed by atoms with Crippen LogP contribution in [0, 0.1) is 0 Å². The second-order valence-electron chi connectivity index (χ2n) is 6.47. The Morgan fingerprint density at radius 1 is 0.906 bits per heavy atom. The van der Waals surface area contributed by atoms with E-state index in [0.29, 0.717) is 11.1 Å². The first kappa shape index (κ1) is 23.0. The fourth-order valence-corrected chi connectivity index (χ4v) is 2.57. The zero-order valence-electron chi connectivity index (χ0n) is 15.7. The van der Waals surface area contributed by atoms with Crippen molar-refractivity contribution in [2.24, 2.45) is 0 Å². The summed E-state index contributed by atoms with van der Waals surface area (Å²) in [5, 5.41) is 12.9. The summed E-state index contributed by atoms with van der Waals surface area (Å²) in [6.45, 7) is 0. The highest BCUT2D eigenvalue weighted by atomic mass is 19.4. The number of aromatic nitrogens is 3. The normalized spacial score (nSPS) is 12.6. The van der Waals surface area contributed by atoms with Gasteiger partial charge in [0.05, 0.1) is 12.1 Å². The van der Waals surface area contributed by atoms with Gasteiger partial charge in [0.1, 0.15) is 12.1 Å². The smallest absolute Gasteiger partial charge is 0.470 e. The van der Waals surface area contributed by atoms with Gasteiger partial charge in [-0.2, -0.15) is 30.7 Å². The van der Waals surface area contributed by atoms with Crippen LogP contribution in [-0.4, -0.2) is 44.0 Å². The van der Waals surface area contributed by atoms with E-state index < -0.39 is 29.9 Å². The molecule has 0 aliphatic rings. The Labute approximate surface area is 174 Å². The molecule has 1 N–H and O–H groups in total. The van der Waals surface area contributed by atoms with Crippen molar-refractivity contribution in [2.75, 3.05) is 0 Å². The van der Waals surface area contributed by atoms with Crippen molar-refractivity contribution in [2.45, 2.75) is 24.6 Å². The summed E-state index contributed by atoms with van der Waals surface area (Å²) in [7, 11) is 0. The number of alkyl halides is 7. The predicted octanol–water partition coefficient (Wildman–Crippen LogP) is 4.73. The molecule has 0 aliphatic heterocycles. The molecule has 1 heterocycles. The second kappa shape index (κ2) is 8.13. The second-order valence-corrected chi connectivity index (χ2v) is 6.47. The minimum atomic E-state index is -6.34. The fourth-order valence-electron chi connectivity index (χ4n) is 2.57. The van der Waals surface area contributed by atoms with Crippen LogP contribution in [0.2, 0.25) is 0 Å².